The van der Waals surface area contributed by atoms with Gasteiger partial charge >= 0.3 is 5.97 Å². The molecule has 2 atom stereocenters. The summed E-state index contributed by atoms with van der Waals surface area (Å²) in [7, 11) is 1.37. The molecule has 1 fully saturated rings. The molecular formula is C18H26N2O3S. The molecule has 0 radical (unpaired) electrons. The quantitative estimate of drug-likeness (QED) is 0.798. The summed E-state index contributed by atoms with van der Waals surface area (Å²) in [6, 6.07) is 8.71. The van der Waals surface area contributed by atoms with Crippen LogP contribution in [0.5, 0.6) is 0 Å². The molecule has 1 aliphatic heterocycles. The number of rotatable bonds is 5. The molecule has 1 unspecified atom stereocenters. The topological polar surface area (TPSA) is 67.4 Å². The molecule has 0 aromatic heterocycles. The molecule has 5 nitrogen and oxygen atoms in total. The number of methoxy groups -OCH3 is 1. The van der Waals surface area contributed by atoms with Gasteiger partial charge in [-0.3, -0.25) is 10.1 Å². The number of nitrogens with one attached hydrogen (secondary N) is 2. The zero-order valence-electron chi connectivity index (χ0n) is 14.7. The number of hydrogen-bond donors (Lipinski definition) is 2. The molecule has 0 spiro atoms. The van der Waals surface area contributed by atoms with Gasteiger partial charge in [0.15, 0.2) is 0 Å². The Hall–Kier alpha value is -1.53. The van der Waals surface area contributed by atoms with E-state index in [-0.39, 0.29) is 17.4 Å². The van der Waals surface area contributed by atoms with Crippen LogP contribution >= 0.6 is 11.8 Å². The van der Waals surface area contributed by atoms with Gasteiger partial charge in [-0.25, -0.2) is 4.79 Å². The predicted molar refractivity (Wildman–Crippen MR) is 96.9 cm³/mol. The van der Waals surface area contributed by atoms with Crippen LogP contribution in [0, 0.1) is 0 Å². The van der Waals surface area contributed by atoms with Gasteiger partial charge in [-0.05, 0) is 38.5 Å². The van der Waals surface area contributed by atoms with Crippen molar-refractivity contribution in [2.24, 2.45) is 0 Å². The van der Waals surface area contributed by atoms with Crippen molar-refractivity contribution in [1.82, 2.24) is 10.6 Å². The maximum absolute atomic E-state index is 12.9. The number of carbonyl (C=O) groups is 2. The van der Waals surface area contributed by atoms with E-state index in [2.05, 4.69) is 10.6 Å². The third-order valence-corrected chi connectivity index (χ3v) is 5.12. The van der Waals surface area contributed by atoms with E-state index in [9.17, 15) is 9.59 Å². The Morgan fingerprint density at radius 3 is 2.42 bits per heavy atom. The first-order valence-electron chi connectivity index (χ1n) is 8.08. The Balaban J connectivity index is 2.29. The van der Waals surface area contributed by atoms with Crippen molar-refractivity contribution in [2.75, 3.05) is 18.6 Å². The smallest absolute Gasteiger partial charge is 0.327 e. The summed E-state index contributed by atoms with van der Waals surface area (Å²) in [6.45, 7) is 5.86. The van der Waals surface area contributed by atoms with Crippen LogP contribution in [0.2, 0.25) is 0 Å². The molecule has 6 heteroatoms. The highest BCUT2D eigenvalue weighted by atomic mass is 32.2. The summed E-state index contributed by atoms with van der Waals surface area (Å²) in [4.78, 5) is 25.2. The van der Waals surface area contributed by atoms with Crippen LogP contribution in [0.1, 0.15) is 38.8 Å². The zero-order chi connectivity index (χ0) is 17.8. The van der Waals surface area contributed by atoms with Crippen LogP contribution < -0.4 is 10.6 Å². The number of benzene rings is 1. The van der Waals surface area contributed by atoms with E-state index in [1.54, 1.807) is 11.8 Å². The molecule has 1 amide bonds. The van der Waals surface area contributed by atoms with Gasteiger partial charge in [0, 0.05) is 11.3 Å². The molecule has 132 valence electrons. The molecule has 0 saturated carbocycles. The van der Waals surface area contributed by atoms with E-state index >= 15 is 0 Å². The van der Waals surface area contributed by atoms with Crippen LogP contribution in [-0.2, 0) is 14.3 Å². The first-order valence-corrected chi connectivity index (χ1v) is 9.24. The van der Waals surface area contributed by atoms with E-state index in [1.807, 2.05) is 51.1 Å². The Bertz CT molecular complexity index is 578. The number of esters is 1. The number of ether oxygens (including phenoxy) is 1. The third kappa shape index (κ3) is 4.51. The lowest BCUT2D eigenvalue weighted by atomic mass is 9.93. The van der Waals surface area contributed by atoms with Gasteiger partial charge < -0.3 is 10.1 Å². The van der Waals surface area contributed by atoms with E-state index in [0.29, 0.717) is 12.2 Å². The van der Waals surface area contributed by atoms with Gasteiger partial charge in [0.25, 0.3) is 0 Å². The van der Waals surface area contributed by atoms with Crippen LogP contribution in [-0.4, -0.2) is 41.6 Å². The minimum absolute atomic E-state index is 0.0650. The van der Waals surface area contributed by atoms with E-state index < -0.39 is 11.6 Å². The molecule has 1 aromatic rings. The van der Waals surface area contributed by atoms with Gasteiger partial charge in [-0.15, -0.1) is 0 Å². The highest BCUT2D eigenvalue weighted by molar-refractivity contribution is 7.99. The number of thioether (sulfide) groups is 1. The largest absolute Gasteiger partial charge is 0.468 e. The summed E-state index contributed by atoms with van der Waals surface area (Å²) < 4.78 is 4.96. The fraction of sp³-hybridized carbons (Fsp3) is 0.556. The molecule has 2 rings (SSSR count). The Kier molecular flexibility index (Phi) is 5.93. The molecular weight excluding hydrogens is 324 g/mol. The average Bonchev–Trinajstić information content (AvgIpc) is 3.01. The Morgan fingerprint density at radius 1 is 1.25 bits per heavy atom. The van der Waals surface area contributed by atoms with Crippen molar-refractivity contribution >= 4 is 23.6 Å². The fourth-order valence-corrected chi connectivity index (χ4v) is 4.05. The molecule has 24 heavy (non-hydrogen) atoms. The summed E-state index contributed by atoms with van der Waals surface area (Å²) in [6.07, 6.45) is 0.680. The average molecular weight is 350 g/mol. The van der Waals surface area contributed by atoms with Crippen molar-refractivity contribution < 1.29 is 14.3 Å². The lowest BCUT2D eigenvalue weighted by Gasteiger charge is -2.35. The van der Waals surface area contributed by atoms with Crippen molar-refractivity contribution in [2.45, 2.75) is 44.3 Å². The van der Waals surface area contributed by atoms with Crippen molar-refractivity contribution in [3.8, 4) is 0 Å². The molecule has 1 heterocycles. The maximum Gasteiger partial charge on any atom is 0.327 e. The summed E-state index contributed by atoms with van der Waals surface area (Å²) in [5, 5.41) is 6.36. The minimum Gasteiger partial charge on any atom is -0.468 e. The Labute approximate surface area is 147 Å². The van der Waals surface area contributed by atoms with Crippen molar-refractivity contribution in [3.05, 3.63) is 35.9 Å². The predicted octanol–water partition coefficient (Wildman–Crippen LogP) is 2.28. The monoisotopic (exact) mass is 350 g/mol. The summed E-state index contributed by atoms with van der Waals surface area (Å²) in [5.41, 5.74) is -0.303. The second-order valence-corrected chi connectivity index (χ2v) is 8.21. The maximum atomic E-state index is 12.9. The standard InChI is InChI=1S/C18H26N2O3S/c1-17(2,3)20-16(22)18(10-11-24-12-18)19-14(15(21)23-4)13-8-6-5-7-9-13/h5-9,14,19H,10-12H2,1-4H3,(H,20,22)/t14-,18?/m0/s1. The second-order valence-electron chi connectivity index (χ2n) is 7.10. The number of hydrogen-bond acceptors (Lipinski definition) is 5. The van der Waals surface area contributed by atoms with Crippen LogP contribution in [0.15, 0.2) is 30.3 Å². The van der Waals surface area contributed by atoms with E-state index in [0.717, 1.165) is 11.3 Å². The lowest BCUT2D eigenvalue weighted by molar-refractivity contribution is -0.144. The first kappa shape index (κ1) is 18.8. The molecule has 0 aliphatic carbocycles. The van der Waals surface area contributed by atoms with Crippen LogP contribution in [0.25, 0.3) is 0 Å². The fourth-order valence-electron chi connectivity index (χ4n) is 2.70. The van der Waals surface area contributed by atoms with Crippen molar-refractivity contribution in [1.29, 1.82) is 0 Å². The van der Waals surface area contributed by atoms with Crippen molar-refractivity contribution in [3.63, 3.8) is 0 Å². The van der Waals surface area contributed by atoms with Crippen LogP contribution in [0.3, 0.4) is 0 Å². The SMILES string of the molecule is COC(=O)[C@@H](NC1(C(=O)NC(C)(C)C)CCSC1)c1ccccc1. The number of carbonyl (C=O) groups excluding carboxylic acids is 2. The van der Waals surface area contributed by atoms with Gasteiger partial charge in [0.2, 0.25) is 5.91 Å². The third-order valence-electron chi connectivity index (χ3n) is 3.94. The normalized spacial score (nSPS) is 22.0. The minimum atomic E-state index is -0.771. The molecule has 0 bridgehead atoms. The summed E-state index contributed by atoms with van der Waals surface area (Å²) >= 11 is 1.72. The number of amides is 1. The van der Waals surface area contributed by atoms with Gasteiger partial charge in [-0.1, -0.05) is 30.3 Å². The molecule has 1 saturated heterocycles. The second kappa shape index (κ2) is 7.57. The van der Waals surface area contributed by atoms with Gasteiger partial charge in [-0.2, -0.15) is 11.8 Å². The molecule has 1 aromatic carbocycles. The van der Waals surface area contributed by atoms with Gasteiger partial charge in [0.05, 0.1) is 7.11 Å². The lowest BCUT2D eigenvalue weighted by Crippen LogP contribution is -2.62. The Morgan fingerprint density at radius 2 is 1.92 bits per heavy atom. The zero-order valence-corrected chi connectivity index (χ0v) is 15.5. The van der Waals surface area contributed by atoms with Crippen LogP contribution in [0.4, 0.5) is 0 Å². The highest BCUT2D eigenvalue weighted by Gasteiger charge is 2.45. The van der Waals surface area contributed by atoms with E-state index in [1.165, 1.54) is 7.11 Å². The highest BCUT2D eigenvalue weighted by Crippen LogP contribution is 2.32. The first-order chi connectivity index (χ1) is 11.3. The van der Waals surface area contributed by atoms with E-state index in [4.69, 9.17) is 4.74 Å². The molecule has 1 aliphatic rings. The summed E-state index contributed by atoms with van der Waals surface area (Å²) in [5.74, 6) is 1.06. The van der Waals surface area contributed by atoms with Gasteiger partial charge in [0.1, 0.15) is 11.6 Å². The molecule has 2 N–H and O–H groups in total.